The van der Waals surface area contributed by atoms with Crippen molar-refractivity contribution in [1.82, 2.24) is 0 Å². The molecule has 0 saturated heterocycles. The maximum atomic E-state index is 11.6. The fourth-order valence-electron chi connectivity index (χ4n) is 9.84. The zero-order valence-corrected chi connectivity index (χ0v) is 43.0. The Morgan fingerprint density at radius 3 is 0.694 bits per heavy atom. The zero-order chi connectivity index (χ0) is 46.3. The molecule has 4 unspecified atom stereocenters. The highest BCUT2D eigenvalue weighted by Crippen LogP contribution is 2.21. The van der Waals surface area contributed by atoms with Gasteiger partial charge in [0.05, 0.1) is 71.0 Å². The molecule has 0 heterocycles. The molecule has 0 fully saturated rings. The second-order valence-electron chi connectivity index (χ2n) is 19.6. The third kappa shape index (κ3) is 38.9. The molecule has 2 N–H and O–H groups in total. The molecule has 0 aliphatic heterocycles. The van der Waals surface area contributed by atoms with Crippen LogP contribution in [0.4, 0.5) is 0 Å². The summed E-state index contributed by atoms with van der Waals surface area (Å²) < 4.78 is 70.5. The molecule has 0 amide bonds. The predicted molar refractivity (Wildman–Crippen MR) is 260 cm³/mol. The molecule has 4 atom stereocenters. The maximum Gasteiger partial charge on any atom is 0.116 e. The first-order chi connectivity index (χ1) is 29.7. The van der Waals surface area contributed by atoms with E-state index in [4.69, 9.17) is 0 Å². The lowest BCUT2D eigenvalue weighted by Crippen LogP contribution is -2.56. The predicted octanol–water partition coefficient (Wildman–Crippen LogP) is 11.8. The van der Waals surface area contributed by atoms with E-state index in [0.717, 1.165) is 90.6 Å². The van der Waals surface area contributed by atoms with Crippen molar-refractivity contribution in [3.05, 3.63) is 0 Å². The van der Waals surface area contributed by atoms with Crippen LogP contribution in [0.5, 0.6) is 0 Å². The smallest absolute Gasteiger partial charge is 0.116 e. The number of rotatable bonds is 49. The van der Waals surface area contributed by atoms with E-state index in [1.165, 1.54) is 167 Å². The number of hydrogen-bond donors (Lipinski definition) is 2. The minimum absolute atomic E-state index is 0.226. The zero-order valence-electron chi connectivity index (χ0n) is 41.3. The molecule has 0 rings (SSSR count). The third-order valence-corrected chi connectivity index (χ3v) is 15.4. The van der Waals surface area contributed by atoms with Gasteiger partial charge in [-0.2, -0.15) is 0 Å². The number of unbranched alkanes of at least 4 members (excludes halogenated alkanes) is 31. The van der Waals surface area contributed by atoms with Gasteiger partial charge in [-0.1, -0.05) is 194 Å². The molecule has 374 valence electrons. The van der Waals surface area contributed by atoms with Crippen LogP contribution in [0, 0.1) is 0 Å². The largest absolute Gasteiger partial charge is 0.748 e. The van der Waals surface area contributed by atoms with Crippen LogP contribution in [0.1, 0.15) is 246 Å². The van der Waals surface area contributed by atoms with Crippen LogP contribution in [0.15, 0.2) is 0 Å². The van der Waals surface area contributed by atoms with Crippen LogP contribution in [0.25, 0.3) is 0 Å². The standard InChI is InChI=1S/C50H104N2O8S2/c1-5-9-11-13-15-17-19-21-23-25-27-29-31-33-35-37-41-51(7-3,45-49(53)47-61(55,56)57)43-39-40-44-52(8-4,46-50(54)48-62(58,59)60)42-38-36-34-32-30-28-26-24-22-20-18-16-14-12-10-6-2/h49-50,53-54H,5-48H2,1-4H3. The molecule has 0 spiro atoms. The highest BCUT2D eigenvalue weighted by molar-refractivity contribution is 7.86. The van der Waals surface area contributed by atoms with Crippen LogP contribution in [-0.4, -0.2) is 121 Å². The molecule has 0 aromatic rings. The molecule has 0 aromatic heterocycles. The minimum Gasteiger partial charge on any atom is -0.748 e. The lowest BCUT2D eigenvalue weighted by atomic mass is 10.0. The van der Waals surface area contributed by atoms with Crippen LogP contribution in [0.3, 0.4) is 0 Å². The summed E-state index contributed by atoms with van der Waals surface area (Å²) >= 11 is 0. The van der Waals surface area contributed by atoms with Gasteiger partial charge in [0.25, 0.3) is 0 Å². The molecule has 0 radical (unpaired) electrons. The molecule has 0 bridgehead atoms. The SMILES string of the molecule is CCCCCCCCCCCCCCCCCC[N+](CC)(CCCC[N+](CC)(CCCCCCCCCCCCCCCCCC)CC(O)CS(=O)(=O)[O-])CC(O)CS(=O)(=O)[O-]. The Morgan fingerprint density at radius 2 is 0.516 bits per heavy atom. The summed E-state index contributed by atoms with van der Waals surface area (Å²) in [5, 5.41) is 21.5. The highest BCUT2D eigenvalue weighted by atomic mass is 32.2. The topological polar surface area (TPSA) is 155 Å². The van der Waals surface area contributed by atoms with Gasteiger partial charge < -0.3 is 28.3 Å². The summed E-state index contributed by atoms with van der Waals surface area (Å²) in [5.41, 5.74) is 0. The van der Waals surface area contributed by atoms with Crippen molar-refractivity contribution in [3.8, 4) is 0 Å². The Morgan fingerprint density at radius 1 is 0.339 bits per heavy atom. The van der Waals surface area contributed by atoms with Crippen LogP contribution < -0.4 is 0 Å². The third-order valence-electron chi connectivity index (χ3n) is 13.8. The van der Waals surface area contributed by atoms with Gasteiger partial charge in [0.2, 0.25) is 0 Å². The van der Waals surface area contributed by atoms with E-state index in [2.05, 4.69) is 27.7 Å². The minimum atomic E-state index is -4.56. The van der Waals surface area contributed by atoms with Crippen molar-refractivity contribution >= 4 is 20.2 Å². The second-order valence-corrected chi connectivity index (χ2v) is 22.5. The summed E-state index contributed by atoms with van der Waals surface area (Å²) in [7, 11) is -9.11. The van der Waals surface area contributed by atoms with Crippen molar-refractivity contribution in [1.29, 1.82) is 0 Å². The van der Waals surface area contributed by atoms with Gasteiger partial charge in [-0.05, 0) is 39.5 Å². The number of quaternary nitrogens is 2. The fraction of sp³-hybridized carbons (Fsp3) is 1.00. The van der Waals surface area contributed by atoms with Crippen molar-refractivity contribution in [3.63, 3.8) is 0 Å². The van der Waals surface area contributed by atoms with Crippen molar-refractivity contribution in [2.45, 2.75) is 258 Å². The van der Waals surface area contributed by atoms with E-state index in [1.54, 1.807) is 0 Å². The Hall–Kier alpha value is -0.340. The normalized spacial score (nSPS) is 15.4. The molecule has 12 heteroatoms. The second kappa shape index (κ2) is 39.8. The number of nitrogens with zero attached hydrogens (tertiary/aromatic N) is 2. The summed E-state index contributed by atoms with van der Waals surface area (Å²) in [6, 6.07) is 0. The van der Waals surface area contributed by atoms with E-state index < -0.39 is 43.9 Å². The van der Waals surface area contributed by atoms with Crippen LogP contribution in [-0.2, 0) is 20.2 Å². The Labute approximate surface area is 385 Å². The first kappa shape index (κ1) is 61.7. The summed E-state index contributed by atoms with van der Waals surface area (Å²) in [6.07, 6.45) is 40.4. The molecular formula is C50H104N2O8S2. The van der Waals surface area contributed by atoms with Crippen LogP contribution in [0.2, 0.25) is 0 Å². The number of aliphatic hydroxyl groups is 2. The quantitative estimate of drug-likeness (QED) is 0.0347. The fourth-order valence-corrected chi connectivity index (χ4v) is 11.0. The van der Waals surface area contributed by atoms with E-state index in [0.29, 0.717) is 8.97 Å². The van der Waals surface area contributed by atoms with Gasteiger partial charge in [-0.15, -0.1) is 0 Å². The summed E-state index contributed by atoms with van der Waals surface area (Å²) in [4.78, 5) is 0. The Bertz CT molecular complexity index is 1120. The molecule has 0 aliphatic carbocycles. The van der Waals surface area contributed by atoms with E-state index >= 15 is 0 Å². The number of hydrogen-bond acceptors (Lipinski definition) is 8. The first-order valence-electron chi connectivity index (χ1n) is 26.6. The van der Waals surface area contributed by atoms with E-state index in [1.807, 2.05) is 0 Å². The number of likely N-dealkylation sites (N-methyl/N-ethyl adjacent to an activating group) is 2. The molecule has 0 saturated carbocycles. The monoisotopic (exact) mass is 925 g/mol. The van der Waals surface area contributed by atoms with Crippen molar-refractivity contribution in [2.24, 2.45) is 0 Å². The van der Waals surface area contributed by atoms with Crippen LogP contribution >= 0.6 is 0 Å². The van der Waals surface area contributed by atoms with E-state index in [-0.39, 0.29) is 13.1 Å². The summed E-state index contributed by atoms with van der Waals surface area (Å²) in [6.45, 7) is 13.7. The average molecular weight is 926 g/mol. The number of aliphatic hydroxyl groups excluding tert-OH is 2. The van der Waals surface area contributed by atoms with Gasteiger partial charge in [0, 0.05) is 12.8 Å². The molecule has 62 heavy (non-hydrogen) atoms. The van der Waals surface area contributed by atoms with Crippen molar-refractivity contribution in [2.75, 3.05) is 63.9 Å². The molecule has 0 aromatic carbocycles. The molecule has 0 aliphatic rings. The van der Waals surface area contributed by atoms with Gasteiger partial charge >= 0.3 is 0 Å². The highest BCUT2D eigenvalue weighted by Gasteiger charge is 2.32. The van der Waals surface area contributed by atoms with E-state index in [9.17, 15) is 36.2 Å². The van der Waals surface area contributed by atoms with Gasteiger partial charge in [0.15, 0.2) is 0 Å². The first-order valence-corrected chi connectivity index (χ1v) is 29.7. The maximum absolute atomic E-state index is 11.6. The van der Waals surface area contributed by atoms with Gasteiger partial charge in [0.1, 0.15) is 25.3 Å². The lowest BCUT2D eigenvalue weighted by Gasteiger charge is -2.41. The van der Waals surface area contributed by atoms with Gasteiger partial charge in [-0.3, -0.25) is 0 Å². The molecular weight excluding hydrogens is 821 g/mol. The lowest BCUT2D eigenvalue weighted by molar-refractivity contribution is -0.935. The Balaban J connectivity index is 4.98. The van der Waals surface area contributed by atoms with Crippen molar-refractivity contribution < 1.29 is 45.1 Å². The Kier molecular flexibility index (Phi) is 39.6. The summed E-state index contributed by atoms with van der Waals surface area (Å²) in [5.74, 6) is -1.55. The average Bonchev–Trinajstić information content (AvgIpc) is 3.20. The molecule has 10 nitrogen and oxygen atoms in total. The van der Waals surface area contributed by atoms with Gasteiger partial charge in [-0.25, -0.2) is 16.8 Å².